The molecule has 0 aromatic rings. The lowest BCUT2D eigenvalue weighted by molar-refractivity contribution is 0.564. The molecule has 0 bridgehead atoms. The van der Waals surface area contributed by atoms with Crippen LogP contribution in [0.4, 0.5) is 0 Å². The SMILES string of the molecule is CC(C)CCC=C=O. The van der Waals surface area contributed by atoms with E-state index in [9.17, 15) is 4.79 Å². The summed E-state index contributed by atoms with van der Waals surface area (Å²) in [6.07, 6.45) is 3.51. The maximum atomic E-state index is 9.61. The molecule has 0 saturated carbocycles. The van der Waals surface area contributed by atoms with Gasteiger partial charge in [-0.25, -0.2) is 4.79 Å². The predicted octanol–water partition coefficient (Wildman–Crippen LogP) is 1.81. The molecule has 0 aromatic carbocycles. The van der Waals surface area contributed by atoms with Crippen LogP contribution >= 0.6 is 0 Å². The van der Waals surface area contributed by atoms with E-state index in [2.05, 4.69) is 13.8 Å². The third-order valence-corrected chi connectivity index (χ3v) is 0.972. The van der Waals surface area contributed by atoms with Crippen molar-refractivity contribution in [3.05, 3.63) is 6.08 Å². The second kappa shape index (κ2) is 4.61. The van der Waals surface area contributed by atoms with Gasteiger partial charge in [-0.15, -0.1) is 0 Å². The van der Waals surface area contributed by atoms with Crippen molar-refractivity contribution in [3.8, 4) is 0 Å². The summed E-state index contributed by atoms with van der Waals surface area (Å²) in [5.74, 6) is 2.44. The van der Waals surface area contributed by atoms with Crippen LogP contribution in [0.2, 0.25) is 0 Å². The van der Waals surface area contributed by atoms with Crippen LogP contribution in [0.3, 0.4) is 0 Å². The molecule has 0 saturated heterocycles. The summed E-state index contributed by atoms with van der Waals surface area (Å²) >= 11 is 0. The van der Waals surface area contributed by atoms with Crippen molar-refractivity contribution in [2.45, 2.75) is 26.7 Å². The van der Waals surface area contributed by atoms with E-state index >= 15 is 0 Å². The van der Waals surface area contributed by atoms with Crippen molar-refractivity contribution < 1.29 is 4.79 Å². The van der Waals surface area contributed by atoms with E-state index in [1.807, 2.05) is 0 Å². The average Bonchev–Trinajstić information content (AvgIpc) is 1.66. The summed E-state index contributed by atoms with van der Waals surface area (Å²) in [7, 11) is 0. The summed E-state index contributed by atoms with van der Waals surface area (Å²) in [4.78, 5) is 9.61. The van der Waals surface area contributed by atoms with E-state index < -0.39 is 0 Å². The third-order valence-electron chi connectivity index (χ3n) is 0.972. The zero-order valence-corrected chi connectivity index (χ0v) is 5.48. The topological polar surface area (TPSA) is 17.1 Å². The Morgan fingerprint density at radius 3 is 2.62 bits per heavy atom. The molecule has 0 unspecified atom stereocenters. The highest BCUT2D eigenvalue weighted by Gasteiger charge is 1.88. The summed E-state index contributed by atoms with van der Waals surface area (Å²) in [6, 6.07) is 0. The molecule has 0 amide bonds. The van der Waals surface area contributed by atoms with Crippen LogP contribution in [-0.4, -0.2) is 5.94 Å². The number of rotatable bonds is 3. The van der Waals surface area contributed by atoms with Crippen LogP contribution in [0.1, 0.15) is 26.7 Å². The van der Waals surface area contributed by atoms with Crippen molar-refractivity contribution in [1.82, 2.24) is 0 Å². The first-order valence-corrected chi connectivity index (χ1v) is 2.96. The Bertz CT molecular complexity index is 88.6. The van der Waals surface area contributed by atoms with Gasteiger partial charge in [-0.05, 0) is 24.8 Å². The van der Waals surface area contributed by atoms with Gasteiger partial charge in [0.2, 0.25) is 0 Å². The zero-order chi connectivity index (χ0) is 6.41. The molecule has 46 valence electrons. The fourth-order valence-electron chi connectivity index (χ4n) is 0.476. The highest BCUT2D eigenvalue weighted by atomic mass is 16.1. The Labute approximate surface area is 50.4 Å². The quantitative estimate of drug-likeness (QED) is 0.509. The molecule has 1 nitrogen and oxygen atoms in total. The molecule has 0 N–H and O–H groups in total. The van der Waals surface area contributed by atoms with Crippen molar-refractivity contribution in [3.63, 3.8) is 0 Å². The molecule has 0 fully saturated rings. The van der Waals surface area contributed by atoms with Gasteiger partial charge in [0.05, 0.1) is 0 Å². The van der Waals surface area contributed by atoms with E-state index in [4.69, 9.17) is 0 Å². The molecule has 0 aliphatic carbocycles. The molecule has 0 aromatic heterocycles. The van der Waals surface area contributed by atoms with Gasteiger partial charge in [-0.2, -0.15) is 0 Å². The monoisotopic (exact) mass is 112 g/mol. The second-order valence-corrected chi connectivity index (χ2v) is 2.29. The third kappa shape index (κ3) is 5.45. The first-order chi connectivity index (χ1) is 3.77. The van der Waals surface area contributed by atoms with E-state index in [0.29, 0.717) is 5.92 Å². The summed E-state index contributed by atoms with van der Waals surface area (Å²) in [6.45, 7) is 4.28. The van der Waals surface area contributed by atoms with Gasteiger partial charge in [-0.1, -0.05) is 13.8 Å². The number of hydrogen-bond donors (Lipinski definition) is 0. The second-order valence-electron chi connectivity index (χ2n) is 2.29. The van der Waals surface area contributed by atoms with Gasteiger partial charge in [0.25, 0.3) is 0 Å². The summed E-state index contributed by atoms with van der Waals surface area (Å²) < 4.78 is 0. The molecule has 8 heavy (non-hydrogen) atoms. The number of hydrogen-bond acceptors (Lipinski definition) is 1. The highest BCUT2D eigenvalue weighted by Crippen LogP contribution is 2.01. The van der Waals surface area contributed by atoms with Gasteiger partial charge in [0.15, 0.2) is 0 Å². The molecule has 0 aliphatic heterocycles. The van der Waals surface area contributed by atoms with Gasteiger partial charge in [-0.3, -0.25) is 0 Å². The fraction of sp³-hybridized carbons (Fsp3) is 0.714. The van der Waals surface area contributed by atoms with Gasteiger partial charge in [0, 0.05) is 0 Å². The standard InChI is InChI=1S/C7H12O/c1-7(2)5-3-4-6-8/h4,7H,3,5H2,1-2H3. The molecule has 0 radical (unpaired) electrons. The lowest BCUT2D eigenvalue weighted by Crippen LogP contribution is -1.83. The minimum absolute atomic E-state index is 0.694. The largest absolute Gasteiger partial charge is 0.234 e. The highest BCUT2D eigenvalue weighted by molar-refractivity contribution is 5.44. The number of carbonyl (C=O) groups excluding carboxylic acids is 1. The van der Waals surface area contributed by atoms with Crippen molar-refractivity contribution >= 4 is 5.94 Å². The minimum atomic E-state index is 0.694. The first kappa shape index (κ1) is 7.45. The molecule has 0 spiro atoms. The Morgan fingerprint density at radius 2 is 2.25 bits per heavy atom. The van der Waals surface area contributed by atoms with Crippen LogP contribution in [0.5, 0.6) is 0 Å². The molecular weight excluding hydrogens is 100 g/mol. The Balaban J connectivity index is 3.05. The molecule has 0 atom stereocenters. The van der Waals surface area contributed by atoms with Gasteiger partial charge < -0.3 is 0 Å². The number of allylic oxidation sites excluding steroid dienone is 1. The Hall–Kier alpha value is -0.550. The predicted molar refractivity (Wildman–Crippen MR) is 34.3 cm³/mol. The van der Waals surface area contributed by atoms with Crippen LogP contribution in [0.15, 0.2) is 6.08 Å². The van der Waals surface area contributed by atoms with E-state index in [0.717, 1.165) is 12.8 Å². The zero-order valence-electron chi connectivity index (χ0n) is 5.48. The van der Waals surface area contributed by atoms with Crippen molar-refractivity contribution in [1.29, 1.82) is 0 Å². The Morgan fingerprint density at radius 1 is 1.62 bits per heavy atom. The van der Waals surface area contributed by atoms with Gasteiger partial charge in [0.1, 0.15) is 5.94 Å². The van der Waals surface area contributed by atoms with Crippen molar-refractivity contribution in [2.24, 2.45) is 5.92 Å². The normalized spacial score (nSPS) is 8.88. The van der Waals surface area contributed by atoms with Crippen LogP contribution < -0.4 is 0 Å². The molecular formula is C7H12O. The maximum Gasteiger partial charge on any atom is 0.120 e. The van der Waals surface area contributed by atoms with E-state index in [1.165, 1.54) is 0 Å². The van der Waals surface area contributed by atoms with E-state index in [1.54, 1.807) is 12.0 Å². The lowest BCUT2D eigenvalue weighted by atomic mass is 10.1. The van der Waals surface area contributed by atoms with E-state index in [-0.39, 0.29) is 0 Å². The molecule has 0 heterocycles. The summed E-state index contributed by atoms with van der Waals surface area (Å²) in [5, 5.41) is 0. The molecule has 0 rings (SSSR count). The van der Waals surface area contributed by atoms with Crippen LogP contribution in [0, 0.1) is 5.92 Å². The maximum absolute atomic E-state index is 9.61. The first-order valence-electron chi connectivity index (χ1n) is 2.96. The minimum Gasteiger partial charge on any atom is -0.234 e. The average molecular weight is 112 g/mol. The van der Waals surface area contributed by atoms with Gasteiger partial charge >= 0.3 is 0 Å². The molecule has 0 aliphatic rings. The van der Waals surface area contributed by atoms with Crippen LogP contribution in [0.25, 0.3) is 0 Å². The molecule has 1 heteroatoms. The fourth-order valence-corrected chi connectivity index (χ4v) is 0.476. The Kier molecular flexibility index (Phi) is 4.29. The van der Waals surface area contributed by atoms with Crippen LogP contribution in [-0.2, 0) is 4.79 Å². The summed E-state index contributed by atoms with van der Waals surface area (Å²) in [5.41, 5.74) is 0. The lowest BCUT2D eigenvalue weighted by Gasteiger charge is -1.96. The van der Waals surface area contributed by atoms with Crippen molar-refractivity contribution in [2.75, 3.05) is 0 Å². The smallest absolute Gasteiger partial charge is 0.120 e.